The molecule has 0 unspecified atom stereocenters. The van der Waals surface area contributed by atoms with Gasteiger partial charge in [0.25, 0.3) is 0 Å². The average molecular weight is 398 g/mol. The van der Waals surface area contributed by atoms with Crippen molar-refractivity contribution in [3.05, 3.63) is 52.5 Å². The predicted octanol–water partition coefficient (Wildman–Crippen LogP) is 4.51. The first-order valence-electron chi connectivity index (χ1n) is 8.32. The third-order valence-electron chi connectivity index (χ3n) is 4.22. The Morgan fingerprint density at radius 1 is 1.22 bits per heavy atom. The van der Waals surface area contributed by atoms with Crippen LogP contribution < -0.4 is 5.32 Å². The first kappa shape index (κ1) is 17.8. The number of halogens is 1. The smallest absolute Gasteiger partial charge is 0.234 e. The molecule has 0 spiro atoms. The highest BCUT2D eigenvalue weighted by Crippen LogP contribution is 2.25. The number of hydrogen-bond acceptors (Lipinski definition) is 5. The number of aromatic nitrogens is 4. The molecule has 6 nitrogen and oxygen atoms in total. The lowest BCUT2D eigenvalue weighted by atomic mass is 10.2. The number of fused-ring (bicyclic) bond motifs is 3. The van der Waals surface area contributed by atoms with E-state index in [9.17, 15) is 4.79 Å². The molecule has 0 aliphatic rings. The van der Waals surface area contributed by atoms with Crippen LogP contribution in [0.5, 0.6) is 0 Å². The van der Waals surface area contributed by atoms with E-state index >= 15 is 0 Å². The standard InChI is InChI=1S/C19H16ClN5OS/c1-10-6-7-15-12(8-10)17-18(22-15)23-19(25-24-17)27-9-16(26)21-14-5-3-4-13(20)11(14)2/h3-8H,9H2,1-2H3,(H,21,26)(H,22,23,25). The van der Waals surface area contributed by atoms with E-state index in [0.717, 1.165) is 27.5 Å². The van der Waals surface area contributed by atoms with Crippen LogP contribution in [0.25, 0.3) is 22.1 Å². The normalized spacial score (nSPS) is 11.2. The Kier molecular flexibility index (Phi) is 4.72. The zero-order chi connectivity index (χ0) is 19.0. The third-order valence-corrected chi connectivity index (χ3v) is 5.47. The van der Waals surface area contributed by atoms with Crippen LogP contribution in [0.15, 0.2) is 41.6 Å². The summed E-state index contributed by atoms with van der Waals surface area (Å²) in [5, 5.41) is 13.4. The van der Waals surface area contributed by atoms with Gasteiger partial charge in [0.2, 0.25) is 11.1 Å². The lowest BCUT2D eigenvalue weighted by Gasteiger charge is -2.08. The number of aryl methyl sites for hydroxylation is 1. The molecule has 8 heteroatoms. The van der Waals surface area contributed by atoms with Gasteiger partial charge in [0.1, 0.15) is 5.52 Å². The fraction of sp³-hybridized carbons (Fsp3) is 0.158. The van der Waals surface area contributed by atoms with Crippen molar-refractivity contribution in [1.82, 2.24) is 20.2 Å². The minimum Gasteiger partial charge on any atom is -0.338 e. The van der Waals surface area contributed by atoms with E-state index in [1.807, 2.05) is 32.0 Å². The molecule has 4 aromatic rings. The van der Waals surface area contributed by atoms with Gasteiger partial charge < -0.3 is 10.3 Å². The number of aromatic amines is 1. The quantitative estimate of drug-likeness (QED) is 0.495. The van der Waals surface area contributed by atoms with Crippen LogP contribution in [0.1, 0.15) is 11.1 Å². The molecule has 0 bridgehead atoms. The average Bonchev–Trinajstić information content (AvgIpc) is 3.01. The van der Waals surface area contributed by atoms with Crippen molar-refractivity contribution in [3.63, 3.8) is 0 Å². The van der Waals surface area contributed by atoms with E-state index in [0.29, 0.717) is 21.5 Å². The molecule has 2 aromatic heterocycles. The van der Waals surface area contributed by atoms with Gasteiger partial charge in [-0.3, -0.25) is 4.79 Å². The molecule has 0 atom stereocenters. The molecule has 0 fully saturated rings. The molecule has 2 N–H and O–H groups in total. The van der Waals surface area contributed by atoms with Crippen molar-refractivity contribution in [2.24, 2.45) is 0 Å². The summed E-state index contributed by atoms with van der Waals surface area (Å²) in [6.45, 7) is 3.90. The number of nitrogens with zero attached hydrogens (tertiary/aromatic N) is 3. The van der Waals surface area contributed by atoms with Gasteiger partial charge in [-0.1, -0.05) is 41.1 Å². The van der Waals surface area contributed by atoms with Crippen LogP contribution in [-0.4, -0.2) is 31.8 Å². The first-order chi connectivity index (χ1) is 13.0. The topological polar surface area (TPSA) is 83.6 Å². The fourth-order valence-corrected chi connectivity index (χ4v) is 3.55. The number of hydrogen-bond donors (Lipinski definition) is 2. The second-order valence-corrected chi connectivity index (χ2v) is 7.56. The lowest BCUT2D eigenvalue weighted by molar-refractivity contribution is -0.113. The van der Waals surface area contributed by atoms with Gasteiger partial charge >= 0.3 is 0 Å². The van der Waals surface area contributed by atoms with Gasteiger partial charge in [-0.25, -0.2) is 4.98 Å². The highest BCUT2D eigenvalue weighted by Gasteiger charge is 2.12. The van der Waals surface area contributed by atoms with Crippen molar-refractivity contribution in [2.45, 2.75) is 19.0 Å². The first-order valence-corrected chi connectivity index (χ1v) is 9.68. The summed E-state index contributed by atoms with van der Waals surface area (Å²) in [6, 6.07) is 11.5. The minimum atomic E-state index is -0.152. The summed E-state index contributed by atoms with van der Waals surface area (Å²) < 4.78 is 0. The molecule has 1 amide bonds. The number of thioether (sulfide) groups is 1. The van der Waals surface area contributed by atoms with Crippen LogP contribution in [-0.2, 0) is 4.79 Å². The van der Waals surface area contributed by atoms with Crippen molar-refractivity contribution in [2.75, 3.05) is 11.1 Å². The SMILES string of the molecule is Cc1ccc2[nH]c3nc(SCC(=O)Nc4cccc(Cl)c4C)nnc3c2c1. The van der Waals surface area contributed by atoms with E-state index in [1.54, 1.807) is 12.1 Å². The zero-order valence-corrected chi connectivity index (χ0v) is 16.3. The number of amides is 1. The molecule has 2 aromatic carbocycles. The van der Waals surface area contributed by atoms with Crippen LogP contribution >= 0.6 is 23.4 Å². The van der Waals surface area contributed by atoms with E-state index in [-0.39, 0.29) is 11.7 Å². The monoisotopic (exact) mass is 397 g/mol. The Morgan fingerprint density at radius 3 is 2.93 bits per heavy atom. The Balaban J connectivity index is 1.49. The summed E-state index contributed by atoms with van der Waals surface area (Å²) >= 11 is 7.32. The van der Waals surface area contributed by atoms with Gasteiger partial charge in [-0.15, -0.1) is 10.2 Å². The van der Waals surface area contributed by atoms with E-state index < -0.39 is 0 Å². The van der Waals surface area contributed by atoms with Crippen molar-refractivity contribution in [1.29, 1.82) is 0 Å². The Labute approximate surface area is 164 Å². The maximum Gasteiger partial charge on any atom is 0.234 e. The Hall–Kier alpha value is -2.64. The number of anilines is 1. The maximum atomic E-state index is 12.2. The van der Waals surface area contributed by atoms with Crippen LogP contribution in [0.2, 0.25) is 5.02 Å². The predicted molar refractivity (Wildman–Crippen MR) is 109 cm³/mol. The minimum absolute atomic E-state index is 0.152. The molecule has 0 aliphatic heterocycles. The van der Waals surface area contributed by atoms with Crippen LogP contribution in [0, 0.1) is 13.8 Å². The molecular formula is C19H16ClN5OS. The lowest BCUT2D eigenvalue weighted by Crippen LogP contribution is -2.15. The summed E-state index contributed by atoms with van der Waals surface area (Å²) in [5.74, 6) is 0.0275. The van der Waals surface area contributed by atoms with Crippen LogP contribution in [0.3, 0.4) is 0 Å². The van der Waals surface area contributed by atoms with Gasteiger partial charge in [0.15, 0.2) is 5.65 Å². The molecule has 2 heterocycles. The summed E-state index contributed by atoms with van der Waals surface area (Å²) in [4.78, 5) is 20.0. The highest BCUT2D eigenvalue weighted by atomic mass is 35.5. The molecule has 4 rings (SSSR count). The molecule has 0 saturated carbocycles. The molecular weight excluding hydrogens is 382 g/mol. The van der Waals surface area contributed by atoms with Crippen molar-refractivity contribution >= 4 is 57.0 Å². The second kappa shape index (κ2) is 7.17. The van der Waals surface area contributed by atoms with E-state index in [1.165, 1.54) is 11.8 Å². The number of rotatable bonds is 4. The largest absolute Gasteiger partial charge is 0.338 e. The summed E-state index contributed by atoms with van der Waals surface area (Å²) in [6.07, 6.45) is 0. The molecule has 0 radical (unpaired) electrons. The maximum absolute atomic E-state index is 12.2. The third kappa shape index (κ3) is 3.61. The Morgan fingerprint density at radius 2 is 2.07 bits per heavy atom. The number of benzene rings is 2. The van der Waals surface area contributed by atoms with Gasteiger partial charge in [-0.05, 0) is 43.7 Å². The number of carbonyl (C=O) groups is 1. The second-order valence-electron chi connectivity index (χ2n) is 6.21. The van der Waals surface area contributed by atoms with Crippen molar-refractivity contribution < 1.29 is 4.79 Å². The van der Waals surface area contributed by atoms with E-state index in [4.69, 9.17) is 11.6 Å². The van der Waals surface area contributed by atoms with Crippen LogP contribution in [0.4, 0.5) is 5.69 Å². The Bertz CT molecular complexity index is 1170. The molecule has 27 heavy (non-hydrogen) atoms. The van der Waals surface area contributed by atoms with E-state index in [2.05, 4.69) is 31.5 Å². The number of nitrogens with one attached hydrogen (secondary N) is 2. The zero-order valence-electron chi connectivity index (χ0n) is 14.7. The summed E-state index contributed by atoms with van der Waals surface area (Å²) in [5.41, 5.74) is 5.06. The molecule has 0 aliphatic carbocycles. The number of H-pyrrole nitrogens is 1. The summed E-state index contributed by atoms with van der Waals surface area (Å²) in [7, 11) is 0. The fourth-order valence-electron chi connectivity index (χ4n) is 2.79. The molecule has 136 valence electrons. The van der Waals surface area contributed by atoms with Gasteiger partial charge in [-0.2, -0.15) is 0 Å². The van der Waals surface area contributed by atoms with Crippen molar-refractivity contribution in [3.8, 4) is 0 Å². The molecule has 0 saturated heterocycles. The van der Waals surface area contributed by atoms with Gasteiger partial charge in [0, 0.05) is 21.6 Å². The number of carbonyl (C=O) groups excluding carboxylic acids is 1. The highest BCUT2D eigenvalue weighted by molar-refractivity contribution is 7.99. The van der Waals surface area contributed by atoms with Gasteiger partial charge in [0.05, 0.1) is 5.75 Å².